The summed E-state index contributed by atoms with van der Waals surface area (Å²) in [7, 11) is 0. The van der Waals surface area contributed by atoms with Crippen molar-refractivity contribution in [3.8, 4) is 39.1 Å². The number of hydrogen-bond donors (Lipinski definition) is 0. The van der Waals surface area contributed by atoms with Crippen molar-refractivity contribution in [2.45, 2.75) is 0 Å². The molecule has 0 unspecified atom stereocenters. The average molecular weight is 668 g/mol. The Bertz CT molecular complexity index is 3140. The highest BCUT2D eigenvalue weighted by Gasteiger charge is 2.17. The molecule has 0 fully saturated rings. The Morgan fingerprint density at radius 2 is 1.02 bits per heavy atom. The van der Waals surface area contributed by atoms with Crippen molar-refractivity contribution in [2.24, 2.45) is 0 Å². The van der Waals surface area contributed by atoms with Gasteiger partial charge in [0.1, 0.15) is 11.2 Å². The van der Waals surface area contributed by atoms with E-state index in [1.165, 1.54) is 69.8 Å². The van der Waals surface area contributed by atoms with Gasteiger partial charge in [-0.2, -0.15) is 0 Å². The Morgan fingerprint density at radius 3 is 1.94 bits per heavy atom. The summed E-state index contributed by atoms with van der Waals surface area (Å²) in [5, 5.41) is 7.35. The zero-order valence-electron chi connectivity index (χ0n) is 27.5. The molecule has 0 saturated carbocycles. The maximum absolute atomic E-state index is 6.63. The zero-order valence-corrected chi connectivity index (χ0v) is 28.3. The van der Waals surface area contributed by atoms with Gasteiger partial charge in [0.15, 0.2) is 0 Å². The minimum atomic E-state index is 0.902. The lowest BCUT2D eigenvalue weighted by Crippen LogP contribution is -1.94. The topological polar surface area (TPSA) is 18.1 Å². The molecule has 11 rings (SSSR count). The van der Waals surface area contributed by atoms with Crippen LogP contribution in [0.15, 0.2) is 180 Å². The van der Waals surface area contributed by atoms with Gasteiger partial charge in [-0.05, 0) is 88.5 Å². The van der Waals surface area contributed by atoms with E-state index >= 15 is 0 Å². The number of aromatic nitrogens is 1. The molecule has 0 spiro atoms. The summed E-state index contributed by atoms with van der Waals surface area (Å²) in [6, 6.07) is 63.7. The molecular weight excluding hydrogens is 639 g/mol. The van der Waals surface area contributed by atoms with Gasteiger partial charge >= 0.3 is 0 Å². The number of benzene rings is 8. The van der Waals surface area contributed by atoms with Crippen LogP contribution in [-0.4, -0.2) is 4.57 Å². The molecule has 3 heterocycles. The van der Waals surface area contributed by atoms with E-state index in [0.717, 1.165) is 33.2 Å². The van der Waals surface area contributed by atoms with Crippen LogP contribution in [0.3, 0.4) is 0 Å². The highest BCUT2D eigenvalue weighted by molar-refractivity contribution is 7.25. The van der Waals surface area contributed by atoms with E-state index in [9.17, 15) is 0 Å². The molecule has 3 aromatic heterocycles. The third-order valence-corrected chi connectivity index (χ3v) is 11.6. The highest BCUT2D eigenvalue weighted by Crippen LogP contribution is 2.42. The first-order valence-corrected chi connectivity index (χ1v) is 18.1. The lowest BCUT2D eigenvalue weighted by molar-refractivity contribution is 0.670. The molecule has 2 nitrogen and oxygen atoms in total. The van der Waals surface area contributed by atoms with Crippen LogP contribution >= 0.6 is 11.3 Å². The fourth-order valence-electron chi connectivity index (χ4n) is 7.98. The molecule has 0 aliphatic rings. The summed E-state index contributed by atoms with van der Waals surface area (Å²) in [4.78, 5) is 0. The SMILES string of the molecule is c1ccc(-c2cccc(-n3c4ccccc4c4cc(-c5ccc6oc7c(-c8ccc9sc%10ccccc%10c9c8)cccc7c6c5)ccc43)c2)cc1. The van der Waals surface area contributed by atoms with E-state index in [4.69, 9.17) is 4.42 Å². The van der Waals surface area contributed by atoms with Crippen molar-refractivity contribution >= 4 is 75.3 Å². The Morgan fingerprint density at radius 1 is 0.373 bits per heavy atom. The number of hydrogen-bond acceptors (Lipinski definition) is 2. The first kappa shape index (κ1) is 28.4. The lowest BCUT2D eigenvalue weighted by atomic mass is 9.98. The Hall–Kier alpha value is -6.42. The molecule has 11 aromatic rings. The van der Waals surface area contributed by atoms with E-state index in [1.54, 1.807) is 0 Å². The predicted molar refractivity (Wildman–Crippen MR) is 217 cm³/mol. The van der Waals surface area contributed by atoms with Gasteiger partial charge in [0.2, 0.25) is 0 Å². The maximum Gasteiger partial charge on any atom is 0.143 e. The normalized spacial score (nSPS) is 11.9. The van der Waals surface area contributed by atoms with Gasteiger partial charge in [0, 0.05) is 53.0 Å². The van der Waals surface area contributed by atoms with Gasteiger partial charge in [-0.15, -0.1) is 11.3 Å². The third kappa shape index (κ3) is 4.42. The number of rotatable bonds is 4. The minimum Gasteiger partial charge on any atom is -0.455 e. The van der Waals surface area contributed by atoms with E-state index in [1.807, 2.05) is 11.3 Å². The van der Waals surface area contributed by atoms with Gasteiger partial charge in [-0.3, -0.25) is 0 Å². The van der Waals surface area contributed by atoms with Crippen molar-refractivity contribution < 1.29 is 4.42 Å². The highest BCUT2D eigenvalue weighted by atomic mass is 32.1. The van der Waals surface area contributed by atoms with E-state index in [0.29, 0.717) is 0 Å². The van der Waals surface area contributed by atoms with E-state index < -0.39 is 0 Å². The fourth-order valence-corrected chi connectivity index (χ4v) is 9.07. The van der Waals surface area contributed by atoms with Gasteiger partial charge in [-0.25, -0.2) is 0 Å². The summed E-state index contributed by atoms with van der Waals surface area (Å²) in [5.74, 6) is 0. The number of furan rings is 1. The molecule has 0 aliphatic heterocycles. The van der Waals surface area contributed by atoms with Crippen LogP contribution < -0.4 is 0 Å². The first-order valence-electron chi connectivity index (χ1n) is 17.3. The molecule has 0 atom stereocenters. The monoisotopic (exact) mass is 667 g/mol. The molecule has 0 radical (unpaired) electrons. The minimum absolute atomic E-state index is 0.902. The number of fused-ring (bicyclic) bond motifs is 9. The molecule has 0 bridgehead atoms. The van der Waals surface area contributed by atoms with Crippen LogP contribution in [0.5, 0.6) is 0 Å². The molecule has 238 valence electrons. The molecule has 0 amide bonds. The quantitative estimate of drug-likeness (QED) is 0.183. The van der Waals surface area contributed by atoms with Crippen molar-refractivity contribution in [1.29, 1.82) is 0 Å². The van der Waals surface area contributed by atoms with Crippen LogP contribution in [0.1, 0.15) is 0 Å². The number of nitrogens with zero attached hydrogens (tertiary/aromatic N) is 1. The standard InChI is InChI=1S/C48H29NOS/c1-2-10-30(11-3-1)31-12-8-13-35(26-31)49-43-18-6-4-14-37(43)40-27-32(20-23-44(40)49)33-21-24-45-41(28-33)39-17-9-16-36(48(39)50-45)34-22-25-47-42(29-34)38-15-5-7-19-46(38)51-47/h1-29H. The summed E-state index contributed by atoms with van der Waals surface area (Å²) in [6.07, 6.45) is 0. The van der Waals surface area contributed by atoms with Crippen molar-refractivity contribution in [1.82, 2.24) is 4.57 Å². The van der Waals surface area contributed by atoms with Crippen molar-refractivity contribution in [2.75, 3.05) is 0 Å². The Labute approximate surface area is 298 Å². The van der Waals surface area contributed by atoms with Gasteiger partial charge < -0.3 is 8.98 Å². The second-order valence-corrected chi connectivity index (χ2v) is 14.4. The summed E-state index contributed by atoms with van der Waals surface area (Å²) < 4.78 is 11.7. The van der Waals surface area contributed by atoms with E-state index in [-0.39, 0.29) is 0 Å². The molecule has 51 heavy (non-hydrogen) atoms. The Balaban J connectivity index is 1.04. The molecular formula is C48H29NOS. The Kier molecular flexibility index (Phi) is 6.16. The maximum atomic E-state index is 6.63. The molecule has 8 aromatic carbocycles. The predicted octanol–water partition coefficient (Wildman–Crippen LogP) is 14.1. The smallest absolute Gasteiger partial charge is 0.143 e. The largest absolute Gasteiger partial charge is 0.455 e. The second-order valence-electron chi connectivity index (χ2n) is 13.3. The summed E-state index contributed by atoms with van der Waals surface area (Å²) in [5.41, 5.74) is 12.5. The molecule has 0 aliphatic carbocycles. The number of para-hydroxylation sites is 2. The summed E-state index contributed by atoms with van der Waals surface area (Å²) in [6.45, 7) is 0. The number of thiophene rings is 1. The summed E-state index contributed by atoms with van der Waals surface area (Å²) >= 11 is 1.85. The molecule has 3 heteroatoms. The van der Waals surface area contributed by atoms with Crippen LogP contribution in [0, 0.1) is 0 Å². The molecule has 0 saturated heterocycles. The fraction of sp³-hybridized carbons (Fsp3) is 0. The van der Waals surface area contributed by atoms with Crippen LogP contribution in [0.2, 0.25) is 0 Å². The van der Waals surface area contributed by atoms with Gasteiger partial charge in [0.25, 0.3) is 0 Å². The zero-order chi connectivity index (χ0) is 33.5. The van der Waals surface area contributed by atoms with Gasteiger partial charge in [-0.1, -0.05) is 115 Å². The third-order valence-electron chi connectivity index (χ3n) is 10.4. The first-order chi connectivity index (χ1) is 25.3. The van der Waals surface area contributed by atoms with Gasteiger partial charge in [0.05, 0.1) is 11.0 Å². The lowest BCUT2D eigenvalue weighted by Gasteiger charge is -2.11. The van der Waals surface area contributed by atoms with Crippen molar-refractivity contribution in [3.63, 3.8) is 0 Å². The average Bonchev–Trinajstić information content (AvgIpc) is 3.87. The second kappa shape index (κ2) is 11.0. The van der Waals surface area contributed by atoms with E-state index in [2.05, 4.69) is 180 Å². The van der Waals surface area contributed by atoms with Crippen LogP contribution in [0.4, 0.5) is 0 Å². The van der Waals surface area contributed by atoms with Crippen molar-refractivity contribution in [3.05, 3.63) is 176 Å². The van der Waals surface area contributed by atoms with Crippen LogP contribution in [0.25, 0.3) is 103 Å². The molecule has 0 N–H and O–H groups in total. The van der Waals surface area contributed by atoms with Crippen LogP contribution in [-0.2, 0) is 0 Å².